The van der Waals surface area contributed by atoms with Gasteiger partial charge in [-0.2, -0.15) is 13.2 Å². The second-order valence-electron chi connectivity index (χ2n) is 5.25. The summed E-state index contributed by atoms with van der Waals surface area (Å²) in [4.78, 5) is 23.4. The molecule has 0 atom stereocenters. The molecule has 0 unspecified atom stereocenters. The van der Waals surface area contributed by atoms with Crippen LogP contribution in [0.25, 0.3) is 5.57 Å². The number of primary amides is 1. The molecule has 2 aromatic carbocycles. The summed E-state index contributed by atoms with van der Waals surface area (Å²) in [5.74, 6) is -1.65. The fourth-order valence-corrected chi connectivity index (χ4v) is 2.28. The summed E-state index contributed by atoms with van der Waals surface area (Å²) in [7, 11) is 0. The van der Waals surface area contributed by atoms with E-state index in [-0.39, 0.29) is 16.8 Å². The number of allylic oxidation sites excluding steroid dienone is 1. The Morgan fingerprint density at radius 3 is 2.24 bits per heavy atom. The minimum Gasteiger partial charge on any atom is -0.366 e. The van der Waals surface area contributed by atoms with Crippen molar-refractivity contribution in [1.82, 2.24) is 0 Å². The molecule has 2 rings (SSSR count). The monoisotopic (exact) mass is 348 g/mol. The van der Waals surface area contributed by atoms with E-state index in [0.29, 0.717) is 11.6 Å². The molecule has 7 heteroatoms. The second-order valence-corrected chi connectivity index (χ2v) is 5.25. The maximum Gasteiger partial charge on any atom is 0.417 e. The molecule has 0 radical (unpaired) electrons. The van der Waals surface area contributed by atoms with Crippen molar-refractivity contribution in [1.29, 1.82) is 0 Å². The van der Waals surface area contributed by atoms with Crippen LogP contribution in [0.2, 0.25) is 0 Å². The van der Waals surface area contributed by atoms with Gasteiger partial charge < -0.3 is 11.1 Å². The number of amides is 2. The first-order valence-corrected chi connectivity index (χ1v) is 7.25. The van der Waals surface area contributed by atoms with Crippen LogP contribution in [0.4, 0.5) is 18.9 Å². The Morgan fingerprint density at radius 2 is 1.68 bits per heavy atom. The van der Waals surface area contributed by atoms with Crippen LogP contribution in [0.5, 0.6) is 0 Å². The van der Waals surface area contributed by atoms with E-state index < -0.39 is 23.6 Å². The van der Waals surface area contributed by atoms with Gasteiger partial charge in [-0.05, 0) is 30.2 Å². The van der Waals surface area contributed by atoms with Gasteiger partial charge in [0.1, 0.15) is 0 Å². The number of alkyl halides is 3. The highest BCUT2D eigenvalue weighted by Gasteiger charge is 2.35. The van der Waals surface area contributed by atoms with Crippen LogP contribution in [0.1, 0.15) is 21.5 Å². The van der Waals surface area contributed by atoms with Crippen molar-refractivity contribution < 1.29 is 22.8 Å². The predicted molar refractivity (Wildman–Crippen MR) is 88.8 cm³/mol. The SMILES string of the molecule is Cc1c(NC(=O)/C=C(/c2ccccc2)C(F)(F)F)cccc1C(N)=O. The number of rotatable bonds is 4. The number of carbonyl (C=O) groups excluding carboxylic acids is 2. The summed E-state index contributed by atoms with van der Waals surface area (Å²) in [6, 6.07) is 11.4. The Balaban J connectivity index is 2.35. The third-order valence-electron chi connectivity index (χ3n) is 3.52. The maximum absolute atomic E-state index is 13.2. The van der Waals surface area contributed by atoms with E-state index in [1.807, 2.05) is 0 Å². The fraction of sp³-hybridized carbons (Fsp3) is 0.111. The lowest BCUT2D eigenvalue weighted by Crippen LogP contribution is -2.18. The van der Waals surface area contributed by atoms with Gasteiger partial charge in [0.25, 0.3) is 0 Å². The van der Waals surface area contributed by atoms with Gasteiger partial charge in [-0.25, -0.2) is 0 Å². The molecular formula is C18H15F3N2O2. The van der Waals surface area contributed by atoms with Crippen LogP contribution in [0.15, 0.2) is 54.6 Å². The molecule has 0 heterocycles. The number of carbonyl (C=O) groups is 2. The van der Waals surface area contributed by atoms with Crippen molar-refractivity contribution >= 4 is 23.1 Å². The molecule has 3 N–H and O–H groups in total. The number of nitrogens with two attached hydrogens (primary N) is 1. The first-order chi connectivity index (χ1) is 11.7. The molecular weight excluding hydrogens is 333 g/mol. The number of benzene rings is 2. The zero-order valence-corrected chi connectivity index (χ0v) is 13.2. The molecule has 25 heavy (non-hydrogen) atoms. The maximum atomic E-state index is 13.2. The second kappa shape index (κ2) is 7.21. The Kier molecular flexibility index (Phi) is 5.26. The molecule has 0 aromatic heterocycles. The smallest absolute Gasteiger partial charge is 0.366 e. The van der Waals surface area contributed by atoms with Gasteiger partial charge in [-0.3, -0.25) is 9.59 Å². The molecule has 0 saturated heterocycles. The Morgan fingerprint density at radius 1 is 1.04 bits per heavy atom. The minimum absolute atomic E-state index is 0.118. The van der Waals surface area contributed by atoms with Crippen molar-refractivity contribution in [3.63, 3.8) is 0 Å². The van der Waals surface area contributed by atoms with E-state index in [1.165, 1.54) is 42.5 Å². The highest BCUT2D eigenvalue weighted by Crippen LogP contribution is 2.33. The normalized spacial score (nSPS) is 11.9. The number of nitrogens with one attached hydrogen (secondary N) is 1. The van der Waals surface area contributed by atoms with Crippen LogP contribution >= 0.6 is 0 Å². The van der Waals surface area contributed by atoms with Gasteiger partial charge in [0.15, 0.2) is 0 Å². The van der Waals surface area contributed by atoms with Crippen LogP contribution < -0.4 is 11.1 Å². The molecule has 0 aliphatic heterocycles. The number of hydrogen-bond acceptors (Lipinski definition) is 2. The van der Waals surface area contributed by atoms with E-state index in [4.69, 9.17) is 5.73 Å². The van der Waals surface area contributed by atoms with E-state index >= 15 is 0 Å². The Hall–Kier alpha value is -3.09. The highest BCUT2D eigenvalue weighted by atomic mass is 19.4. The van der Waals surface area contributed by atoms with Crippen molar-refractivity contribution in [3.8, 4) is 0 Å². The molecule has 0 saturated carbocycles. The number of anilines is 1. The van der Waals surface area contributed by atoms with Crippen molar-refractivity contribution in [2.24, 2.45) is 5.73 Å². The summed E-state index contributed by atoms with van der Waals surface area (Å²) >= 11 is 0. The van der Waals surface area contributed by atoms with E-state index in [2.05, 4.69) is 5.32 Å². The van der Waals surface area contributed by atoms with Crippen molar-refractivity contribution in [2.45, 2.75) is 13.1 Å². The third kappa shape index (κ3) is 4.47. The fourth-order valence-electron chi connectivity index (χ4n) is 2.28. The molecule has 0 aliphatic carbocycles. The first kappa shape index (κ1) is 18.3. The van der Waals surface area contributed by atoms with Gasteiger partial charge in [-0.15, -0.1) is 0 Å². The lowest BCUT2D eigenvalue weighted by molar-refractivity contribution is -0.112. The van der Waals surface area contributed by atoms with Crippen LogP contribution in [0.3, 0.4) is 0 Å². The lowest BCUT2D eigenvalue weighted by Gasteiger charge is -2.13. The summed E-state index contributed by atoms with van der Waals surface area (Å²) in [5.41, 5.74) is 4.81. The van der Waals surface area contributed by atoms with E-state index in [9.17, 15) is 22.8 Å². The summed E-state index contributed by atoms with van der Waals surface area (Å²) < 4.78 is 39.7. The van der Waals surface area contributed by atoms with Crippen molar-refractivity contribution in [3.05, 3.63) is 71.3 Å². The zero-order valence-electron chi connectivity index (χ0n) is 13.2. The topological polar surface area (TPSA) is 72.2 Å². The first-order valence-electron chi connectivity index (χ1n) is 7.25. The molecule has 0 spiro atoms. The minimum atomic E-state index is -4.69. The van der Waals surface area contributed by atoms with Gasteiger partial charge >= 0.3 is 6.18 Å². The van der Waals surface area contributed by atoms with Crippen LogP contribution in [-0.4, -0.2) is 18.0 Å². The molecule has 130 valence electrons. The van der Waals surface area contributed by atoms with Crippen LogP contribution in [-0.2, 0) is 4.79 Å². The van der Waals surface area contributed by atoms with E-state index in [0.717, 1.165) is 0 Å². The lowest BCUT2D eigenvalue weighted by atomic mass is 10.0. The van der Waals surface area contributed by atoms with Gasteiger partial charge in [-0.1, -0.05) is 36.4 Å². The summed E-state index contributed by atoms with van der Waals surface area (Å²) in [5, 5.41) is 2.35. The highest BCUT2D eigenvalue weighted by molar-refractivity contribution is 6.06. The Labute approximate surface area is 142 Å². The summed E-state index contributed by atoms with van der Waals surface area (Å²) in [6.07, 6.45) is -4.20. The van der Waals surface area contributed by atoms with Gasteiger partial charge in [0.2, 0.25) is 11.8 Å². The third-order valence-corrected chi connectivity index (χ3v) is 3.52. The van der Waals surface area contributed by atoms with Crippen LogP contribution in [0, 0.1) is 6.92 Å². The number of hydrogen-bond donors (Lipinski definition) is 2. The van der Waals surface area contributed by atoms with Gasteiger partial charge in [0.05, 0.1) is 5.57 Å². The zero-order chi connectivity index (χ0) is 18.6. The quantitative estimate of drug-likeness (QED) is 0.828. The van der Waals surface area contributed by atoms with E-state index in [1.54, 1.807) is 13.0 Å². The molecule has 0 fully saturated rings. The molecule has 0 aliphatic rings. The largest absolute Gasteiger partial charge is 0.417 e. The molecule has 4 nitrogen and oxygen atoms in total. The molecule has 0 bridgehead atoms. The standard InChI is InChI=1S/C18H15F3N2O2/c1-11-13(17(22)25)8-5-9-15(11)23-16(24)10-14(18(19,20)21)12-6-3-2-4-7-12/h2-10H,1H3,(H2,22,25)(H,23,24)/b14-10-. The number of halogens is 3. The average Bonchev–Trinajstić information content (AvgIpc) is 2.54. The predicted octanol–water partition coefficient (Wildman–Crippen LogP) is 3.68. The Bertz CT molecular complexity index is 828. The van der Waals surface area contributed by atoms with Gasteiger partial charge in [0, 0.05) is 17.3 Å². The summed E-state index contributed by atoms with van der Waals surface area (Å²) in [6.45, 7) is 1.54. The molecule has 2 aromatic rings. The molecule has 2 amide bonds. The van der Waals surface area contributed by atoms with Crippen molar-refractivity contribution in [2.75, 3.05) is 5.32 Å². The average molecular weight is 348 g/mol.